The molecule has 0 saturated carbocycles. The summed E-state index contributed by atoms with van der Waals surface area (Å²) in [7, 11) is 0. The maximum Gasteiger partial charge on any atom is 0.252 e. The third kappa shape index (κ3) is 0.790. The highest BCUT2D eigenvalue weighted by atomic mass is 15.3. The Bertz CT molecular complexity index is 390. The number of aryl methyl sites for hydroxylation is 2. The molecule has 0 aliphatic rings. The Labute approximate surface area is 63.9 Å². The number of nitrogens with zero attached hydrogens (tertiary/aromatic N) is 4. The van der Waals surface area contributed by atoms with Gasteiger partial charge in [-0.1, -0.05) is 0 Å². The van der Waals surface area contributed by atoms with E-state index in [0.29, 0.717) is 5.78 Å². The molecule has 0 bridgehead atoms. The molecule has 0 aliphatic carbocycles. The highest BCUT2D eigenvalue weighted by Gasteiger charge is 2.00. The predicted molar refractivity (Wildman–Crippen MR) is 40.3 cm³/mol. The van der Waals surface area contributed by atoms with E-state index in [-0.39, 0.29) is 0 Å². The van der Waals surface area contributed by atoms with Gasteiger partial charge >= 0.3 is 0 Å². The van der Waals surface area contributed by atoms with Gasteiger partial charge in [0.2, 0.25) is 0 Å². The summed E-state index contributed by atoms with van der Waals surface area (Å²) < 4.78 is 1.73. The van der Waals surface area contributed by atoms with Crippen LogP contribution in [0.2, 0.25) is 0 Å². The van der Waals surface area contributed by atoms with Gasteiger partial charge in [-0.3, -0.25) is 0 Å². The summed E-state index contributed by atoms with van der Waals surface area (Å²) in [5.74, 6) is 0.660. The second kappa shape index (κ2) is 2.02. The lowest BCUT2D eigenvalue weighted by Crippen LogP contribution is -1.98. The molecule has 0 saturated heterocycles. The lowest BCUT2D eigenvalue weighted by molar-refractivity contribution is 0.880. The third-order valence-electron chi connectivity index (χ3n) is 1.79. The second-order valence-electron chi connectivity index (χ2n) is 2.50. The molecule has 0 aliphatic heterocycles. The van der Waals surface area contributed by atoms with Gasteiger partial charge in [-0.05, 0) is 19.4 Å². The quantitative estimate of drug-likeness (QED) is 0.553. The number of hydrogen-bond donors (Lipinski definition) is 0. The minimum Gasteiger partial charge on any atom is -0.219 e. The Hall–Kier alpha value is -1.45. The first kappa shape index (κ1) is 6.27. The molecule has 0 radical (unpaired) electrons. The molecule has 0 aromatic carbocycles. The zero-order valence-corrected chi connectivity index (χ0v) is 6.44. The molecule has 0 spiro atoms. The van der Waals surface area contributed by atoms with Crippen molar-refractivity contribution in [1.29, 1.82) is 0 Å². The van der Waals surface area contributed by atoms with E-state index in [9.17, 15) is 0 Å². The maximum absolute atomic E-state index is 4.09. The topological polar surface area (TPSA) is 43.1 Å². The molecule has 11 heavy (non-hydrogen) atoms. The summed E-state index contributed by atoms with van der Waals surface area (Å²) in [5.41, 5.74) is 2.22. The monoisotopic (exact) mass is 148 g/mol. The highest BCUT2D eigenvalue weighted by Crippen LogP contribution is 2.04. The standard InChI is InChI=1S/C7H8N4/c1-5-3-8-7-9-4-10-11(7)6(5)2/h3-4H,1-2H3. The van der Waals surface area contributed by atoms with E-state index >= 15 is 0 Å². The van der Waals surface area contributed by atoms with Gasteiger partial charge in [0.25, 0.3) is 5.78 Å². The smallest absolute Gasteiger partial charge is 0.219 e. The molecule has 2 aromatic heterocycles. The molecule has 4 heteroatoms. The lowest BCUT2D eigenvalue weighted by Gasteiger charge is -1.99. The average molecular weight is 148 g/mol. The lowest BCUT2D eigenvalue weighted by atomic mass is 10.3. The van der Waals surface area contributed by atoms with Crippen molar-refractivity contribution in [3.63, 3.8) is 0 Å². The fraction of sp³-hybridized carbons (Fsp3) is 0.286. The Balaban J connectivity index is 2.93. The van der Waals surface area contributed by atoms with Gasteiger partial charge < -0.3 is 0 Å². The van der Waals surface area contributed by atoms with Crippen molar-refractivity contribution in [3.8, 4) is 0 Å². The van der Waals surface area contributed by atoms with Gasteiger partial charge in [0.05, 0.1) is 0 Å². The van der Waals surface area contributed by atoms with Crippen LogP contribution in [0, 0.1) is 13.8 Å². The number of rotatable bonds is 0. The van der Waals surface area contributed by atoms with Crippen LogP contribution in [-0.2, 0) is 0 Å². The van der Waals surface area contributed by atoms with E-state index in [4.69, 9.17) is 0 Å². The fourth-order valence-electron chi connectivity index (χ4n) is 0.975. The minimum absolute atomic E-state index is 0.660. The molecule has 0 amide bonds. The van der Waals surface area contributed by atoms with Crippen molar-refractivity contribution in [2.24, 2.45) is 0 Å². The van der Waals surface area contributed by atoms with Crippen molar-refractivity contribution in [2.75, 3.05) is 0 Å². The summed E-state index contributed by atoms with van der Waals surface area (Å²) in [6.07, 6.45) is 3.31. The molecular formula is C7H8N4. The summed E-state index contributed by atoms with van der Waals surface area (Å²) in [6, 6.07) is 0. The maximum atomic E-state index is 4.09. The van der Waals surface area contributed by atoms with Crippen LogP contribution in [0.5, 0.6) is 0 Å². The van der Waals surface area contributed by atoms with Crippen LogP contribution < -0.4 is 0 Å². The number of fused-ring (bicyclic) bond motifs is 1. The van der Waals surface area contributed by atoms with Gasteiger partial charge in [-0.15, -0.1) is 0 Å². The van der Waals surface area contributed by atoms with Crippen molar-refractivity contribution in [3.05, 3.63) is 23.8 Å². The van der Waals surface area contributed by atoms with Crippen molar-refractivity contribution in [1.82, 2.24) is 19.6 Å². The SMILES string of the molecule is Cc1cnc2ncnn2c1C. The minimum atomic E-state index is 0.660. The van der Waals surface area contributed by atoms with Crippen LogP contribution in [0.25, 0.3) is 5.78 Å². The molecule has 0 N–H and O–H groups in total. The summed E-state index contributed by atoms with van der Waals surface area (Å²) in [5, 5.41) is 4.02. The Morgan fingerprint density at radius 1 is 1.27 bits per heavy atom. The first-order valence-corrected chi connectivity index (χ1v) is 3.41. The second-order valence-corrected chi connectivity index (χ2v) is 2.50. The molecule has 0 unspecified atom stereocenters. The van der Waals surface area contributed by atoms with Crippen molar-refractivity contribution >= 4 is 5.78 Å². The fourth-order valence-corrected chi connectivity index (χ4v) is 0.975. The van der Waals surface area contributed by atoms with Gasteiger partial charge in [-0.25, -0.2) is 9.50 Å². The van der Waals surface area contributed by atoms with Crippen LogP contribution in [0.3, 0.4) is 0 Å². The van der Waals surface area contributed by atoms with E-state index in [0.717, 1.165) is 11.3 Å². The van der Waals surface area contributed by atoms with Crippen LogP contribution in [0.4, 0.5) is 0 Å². The van der Waals surface area contributed by atoms with E-state index in [2.05, 4.69) is 15.1 Å². The van der Waals surface area contributed by atoms with Gasteiger partial charge in [0.15, 0.2) is 0 Å². The molecule has 0 atom stereocenters. The highest BCUT2D eigenvalue weighted by molar-refractivity contribution is 5.29. The van der Waals surface area contributed by atoms with Crippen LogP contribution in [-0.4, -0.2) is 19.6 Å². The van der Waals surface area contributed by atoms with Gasteiger partial charge in [0, 0.05) is 11.9 Å². The Morgan fingerprint density at radius 2 is 2.09 bits per heavy atom. The Kier molecular flexibility index (Phi) is 1.15. The Morgan fingerprint density at radius 3 is 2.91 bits per heavy atom. The molecule has 2 heterocycles. The first-order valence-electron chi connectivity index (χ1n) is 3.41. The van der Waals surface area contributed by atoms with Crippen molar-refractivity contribution in [2.45, 2.75) is 13.8 Å². The van der Waals surface area contributed by atoms with E-state index in [1.807, 2.05) is 13.8 Å². The molecule has 4 nitrogen and oxygen atoms in total. The molecule has 0 fully saturated rings. The first-order chi connectivity index (χ1) is 5.29. The van der Waals surface area contributed by atoms with Crippen molar-refractivity contribution < 1.29 is 0 Å². The van der Waals surface area contributed by atoms with Gasteiger partial charge in [0.1, 0.15) is 6.33 Å². The molecule has 2 rings (SSSR count). The predicted octanol–water partition coefficient (Wildman–Crippen LogP) is 0.741. The molecule has 2 aromatic rings. The van der Waals surface area contributed by atoms with Crippen LogP contribution in [0.15, 0.2) is 12.5 Å². The average Bonchev–Trinajstić information content (AvgIpc) is 2.45. The summed E-state index contributed by atoms with van der Waals surface area (Å²) in [4.78, 5) is 8.05. The largest absolute Gasteiger partial charge is 0.252 e. The molecular weight excluding hydrogens is 140 g/mol. The van der Waals surface area contributed by atoms with E-state index in [1.54, 1.807) is 10.7 Å². The van der Waals surface area contributed by atoms with Crippen LogP contribution in [0.1, 0.15) is 11.3 Å². The van der Waals surface area contributed by atoms with Gasteiger partial charge in [-0.2, -0.15) is 10.1 Å². The third-order valence-corrected chi connectivity index (χ3v) is 1.79. The summed E-state index contributed by atoms with van der Waals surface area (Å²) >= 11 is 0. The van der Waals surface area contributed by atoms with Crippen LogP contribution >= 0.6 is 0 Å². The number of aromatic nitrogens is 4. The zero-order valence-electron chi connectivity index (χ0n) is 6.44. The number of hydrogen-bond acceptors (Lipinski definition) is 3. The van der Waals surface area contributed by atoms with E-state index in [1.165, 1.54) is 6.33 Å². The zero-order chi connectivity index (χ0) is 7.84. The summed E-state index contributed by atoms with van der Waals surface area (Å²) in [6.45, 7) is 4.00. The molecule has 56 valence electrons. The normalized spacial score (nSPS) is 10.7. The van der Waals surface area contributed by atoms with E-state index < -0.39 is 0 Å².